The average molecular weight is 452 g/mol. The maximum Gasteiger partial charge on any atom is 0.337 e. The van der Waals surface area contributed by atoms with Crippen LogP contribution in [0.3, 0.4) is 0 Å². The predicted octanol–water partition coefficient (Wildman–Crippen LogP) is 2.52. The minimum atomic E-state index is -3.78. The molecule has 1 aliphatic heterocycles. The van der Waals surface area contributed by atoms with Crippen LogP contribution in [0.15, 0.2) is 48.5 Å². The maximum atomic E-state index is 12.9. The van der Waals surface area contributed by atoms with E-state index >= 15 is 0 Å². The summed E-state index contributed by atoms with van der Waals surface area (Å²) in [5, 5.41) is 3.19. The van der Waals surface area contributed by atoms with Crippen molar-refractivity contribution in [2.75, 3.05) is 32.1 Å². The van der Waals surface area contributed by atoms with Crippen molar-refractivity contribution in [3.8, 4) is 0 Å². The molecule has 3 rings (SSSR count). The summed E-state index contributed by atoms with van der Waals surface area (Å²) in [7, 11) is -2.50. The first-order valence-corrected chi connectivity index (χ1v) is 11.0. The minimum absolute atomic E-state index is 0.190. The van der Waals surface area contributed by atoms with Crippen molar-refractivity contribution in [3.63, 3.8) is 0 Å². The van der Waals surface area contributed by atoms with Crippen molar-refractivity contribution in [3.05, 3.63) is 64.7 Å². The van der Waals surface area contributed by atoms with E-state index in [9.17, 15) is 18.0 Å². The Morgan fingerprint density at radius 2 is 1.80 bits per heavy atom. The monoisotopic (exact) mass is 451 g/mol. The van der Waals surface area contributed by atoms with Gasteiger partial charge in [0, 0.05) is 30.3 Å². The molecule has 0 aliphatic carbocycles. The highest BCUT2D eigenvalue weighted by Crippen LogP contribution is 2.21. The molecule has 0 saturated carbocycles. The normalized spacial score (nSPS) is 16.7. The highest BCUT2D eigenvalue weighted by Gasteiger charge is 2.34. The number of nitrogens with zero attached hydrogens (tertiary/aromatic N) is 2. The highest BCUT2D eigenvalue weighted by molar-refractivity contribution is 7.86. The number of hydrogen-bond acceptors (Lipinski definition) is 5. The maximum absolute atomic E-state index is 12.9. The number of esters is 1. The summed E-state index contributed by atoms with van der Waals surface area (Å²) >= 11 is 5.99. The molecule has 0 bridgehead atoms. The van der Waals surface area contributed by atoms with Crippen LogP contribution in [-0.4, -0.2) is 55.6 Å². The second kappa shape index (κ2) is 9.57. The molecule has 1 aliphatic rings. The SMILES string of the molecule is COC(=O)c1ccc(NC(=O)CN2CCCN(Cc3cccc(Cl)c3)S2(=O)=O)cc1. The smallest absolute Gasteiger partial charge is 0.337 e. The molecule has 0 radical (unpaired) electrons. The number of benzene rings is 2. The van der Waals surface area contributed by atoms with Gasteiger partial charge in [0.05, 0.1) is 19.2 Å². The number of halogens is 1. The number of hydrogen-bond donors (Lipinski definition) is 1. The molecule has 0 unspecified atom stereocenters. The summed E-state index contributed by atoms with van der Waals surface area (Å²) in [6.45, 7) is 0.536. The van der Waals surface area contributed by atoms with Crippen LogP contribution in [-0.2, 0) is 26.3 Å². The predicted molar refractivity (Wildman–Crippen MR) is 113 cm³/mol. The lowest BCUT2D eigenvalue weighted by molar-refractivity contribution is -0.116. The van der Waals surface area contributed by atoms with E-state index in [0.717, 1.165) is 5.56 Å². The molecule has 30 heavy (non-hydrogen) atoms. The molecule has 0 spiro atoms. The quantitative estimate of drug-likeness (QED) is 0.681. The summed E-state index contributed by atoms with van der Waals surface area (Å²) in [5.41, 5.74) is 1.59. The van der Waals surface area contributed by atoms with E-state index in [4.69, 9.17) is 11.6 Å². The summed E-state index contributed by atoms with van der Waals surface area (Å²) < 4.78 is 33.0. The number of anilines is 1. The minimum Gasteiger partial charge on any atom is -0.465 e. The summed E-state index contributed by atoms with van der Waals surface area (Å²) in [5.74, 6) is -0.943. The Bertz CT molecular complexity index is 1030. The van der Waals surface area contributed by atoms with Crippen molar-refractivity contribution >= 4 is 39.4 Å². The third kappa shape index (κ3) is 5.37. The standard InChI is InChI=1S/C20H22ClN3O5S/c1-29-20(26)16-6-8-18(9-7-16)22-19(25)14-24-11-3-10-23(30(24,27)28)13-15-4-2-5-17(21)12-15/h2,4-9,12H,3,10-11,13-14H2,1H3,(H,22,25). The van der Waals surface area contributed by atoms with Crippen molar-refractivity contribution in [2.24, 2.45) is 0 Å². The van der Waals surface area contributed by atoms with E-state index in [0.29, 0.717) is 29.2 Å². The van der Waals surface area contributed by atoms with Crippen LogP contribution in [0.5, 0.6) is 0 Å². The first-order valence-electron chi connectivity index (χ1n) is 9.27. The number of ether oxygens (including phenoxy) is 1. The van der Waals surface area contributed by atoms with Crippen molar-refractivity contribution < 1.29 is 22.7 Å². The van der Waals surface area contributed by atoms with E-state index in [-0.39, 0.29) is 19.6 Å². The lowest BCUT2D eigenvalue weighted by Gasteiger charge is -2.34. The fourth-order valence-electron chi connectivity index (χ4n) is 3.15. The average Bonchev–Trinajstić information content (AvgIpc) is 2.71. The summed E-state index contributed by atoms with van der Waals surface area (Å²) in [6.07, 6.45) is 0.612. The van der Waals surface area contributed by atoms with E-state index in [1.807, 2.05) is 6.07 Å². The van der Waals surface area contributed by atoms with Gasteiger partial charge in [-0.25, -0.2) is 4.79 Å². The molecule has 8 nitrogen and oxygen atoms in total. The van der Waals surface area contributed by atoms with Crippen LogP contribution in [0, 0.1) is 0 Å². The van der Waals surface area contributed by atoms with Crippen molar-refractivity contribution in [1.82, 2.24) is 8.61 Å². The van der Waals surface area contributed by atoms with E-state index in [1.165, 1.54) is 27.9 Å². The molecule has 0 atom stereocenters. The molecular formula is C20H22ClN3O5S. The first-order chi connectivity index (χ1) is 14.3. The first kappa shape index (κ1) is 22.2. The molecule has 1 N–H and O–H groups in total. The van der Waals surface area contributed by atoms with Gasteiger partial charge >= 0.3 is 5.97 Å². The van der Waals surface area contributed by atoms with Gasteiger partial charge in [-0.05, 0) is 48.4 Å². The number of amides is 1. The topological polar surface area (TPSA) is 96.0 Å². The van der Waals surface area contributed by atoms with Crippen molar-refractivity contribution in [1.29, 1.82) is 0 Å². The fraction of sp³-hybridized carbons (Fsp3) is 0.300. The van der Waals surface area contributed by atoms with Crippen LogP contribution in [0.4, 0.5) is 5.69 Å². The number of carbonyl (C=O) groups is 2. The Morgan fingerprint density at radius 1 is 1.10 bits per heavy atom. The molecule has 10 heteroatoms. The van der Waals surface area contributed by atoms with E-state index < -0.39 is 22.1 Å². The van der Waals surface area contributed by atoms with Gasteiger partial charge in [-0.15, -0.1) is 0 Å². The second-order valence-electron chi connectivity index (χ2n) is 6.78. The zero-order valence-corrected chi connectivity index (χ0v) is 17.9. The summed E-state index contributed by atoms with van der Waals surface area (Å²) in [4.78, 5) is 23.9. The van der Waals surface area contributed by atoms with Gasteiger partial charge in [-0.1, -0.05) is 23.7 Å². The Hall–Kier alpha value is -2.46. The third-order valence-electron chi connectivity index (χ3n) is 4.63. The van der Waals surface area contributed by atoms with Crippen molar-refractivity contribution in [2.45, 2.75) is 13.0 Å². The molecule has 160 valence electrons. The number of carbonyl (C=O) groups excluding carboxylic acids is 2. The molecule has 0 aromatic heterocycles. The van der Waals surface area contributed by atoms with Gasteiger partial charge in [0.1, 0.15) is 0 Å². The molecule has 1 fully saturated rings. The number of nitrogens with one attached hydrogen (secondary N) is 1. The van der Waals surface area contributed by atoms with Gasteiger partial charge in [0.25, 0.3) is 10.2 Å². The molecule has 2 aromatic carbocycles. The van der Waals surface area contributed by atoms with Gasteiger partial charge in [-0.3, -0.25) is 4.79 Å². The lowest BCUT2D eigenvalue weighted by atomic mass is 10.2. The lowest BCUT2D eigenvalue weighted by Crippen LogP contribution is -2.51. The van der Waals surface area contributed by atoms with E-state index in [1.54, 1.807) is 30.3 Å². The largest absolute Gasteiger partial charge is 0.465 e. The van der Waals surface area contributed by atoms with Crippen LogP contribution < -0.4 is 5.32 Å². The highest BCUT2D eigenvalue weighted by atomic mass is 35.5. The van der Waals surface area contributed by atoms with Gasteiger partial charge in [0.15, 0.2) is 0 Å². The van der Waals surface area contributed by atoms with Gasteiger partial charge in [0.2, 0.25) is 5.91 Å². The van der Waals surface area contributed by atoms with E-state index in [2.05, 4.69) is 10.1 Å². The molecule has 1 heterocycles. The Balaban J connectivity index is 1.63. The van der Waals surface area contributed by atoms with Gasteiger partial charge < -0.3 is 10.1 Å². The summed E-state index contributed by atoms with van der Waals surface area (Å²) in [6, 6.07) is 13.2. The Morgan fingerprint density at radius 3 is 2.47 bits per heavy atom. The Kier molecular flexibility index (Phi) is 7.09. The van der Waals surface area contributed by atoms with Crippen LogP contribution in [0.1, 0.15) is 22.3 Å². The molecular weight excluding hydrogens is 430 g/mol. The zero-order valence-electron chi connectivity index (χ0n) is 16.4. The second-order valence-corrected chi connectivity index (χ2v) is 9.14. The zero-order chi connectivity index (χ0) is 21.7. The Labute approximate surface area is 180 Å². The van der Waals surface area contributed by atoms with Crippen LogP contribution in [0.2, 0.25) is 5.02 Å². The van der Waals surface area contributed by atoms with Crippen LogP contribution >= 0.6 is 11.6 Å². The van der Waals surface area contributed by atoms with Gasteiger partial charge in [-0.2, -0.15) is 17.0 Å². The number of methoxy groups -OCH3 is 1. The number of rotatable bonds is 6. The molecule has 1 amide bonds. The van der Waals surface area contributed by atoms with Crippen LogP contribution in [0.25, 0.3) is 0 Å². The molecule has 1 saturated heterocycles. The third-order valence-corrected chi connectivity index (χ3v) is 6.79. The fourth-order valence-corrected chi connectivity index (χ4v) is 5.00. The molecule has 2 aromatic rings.